The number of nitrogens with two attached hydrogens (primary N) is 1. The highest BCUT2D eigenvalue weighted by atomic mass is 35.5. The Kier molecular flexibility index (Phi) is 5.83. The minimum Gasteiger partial charge on any atom is -0.387 e. The fraction of sp³-hybridized carbons (Fsp3) is 0.300. The van der Waals surface area contributed by atoms with E-state index in [2.05, 4.69) is 0 Å². The van der Waals surface area contributed by atoms with E-state index in [0.717, 1.165) is 18.2 Å². The third-order valence-corrected chi connectivity index (χ3v) is 3.54. The van der Waals surface area contributed by atoms with Crippen molar-refractivity contribution in [1.82, 2.24) is 0 Å². The van der Waals surface area contributed by atoms with Crippen LogP contribution in [0.2, 0.25) is 0 Å². The van der Waals surface area contributed by atoms with Crippen molar-refractivity contribution < 1.29 is 21.6 Å². The maximum Gasteiger partial charge on any atom is 0.416 e. The van der Waals surface area contributed by atoms with Crippen LogP contribution in [0.4, 0.5) is 13.2 Å². The first-order chi connectivity index (χ1) is 8.10. The molecule has 0 unspecified atom stereocenters. The zero-order valence-electron chi connectivity index (χ0n) is 9.57. The zero-order valence-corrected chi connectivity index (χ0v) is 11.2. The molecule has 0 aromatic heterocycles. The van der Waals surface area contributed by atoms with E-state index in [0.29, 0.717) is 0 Å². The van der Waals surface area contributed by atoms with Gasteiger partial charge in [-0.15, -0.1) is 12.4 Å². The van der Waals surface area contributed by atoms with E-state index < -0.39 is 38.9 Å². The average Bonchev–Trinajstić information content (AvgIpc) is 2.13. The molecule has 1 aromatic rings. The number of halogens is 4. The van der Waals surface area contributed by atoms with Crippen LogP contribution in [-0.2, 0) is 21.8 Å². The summed E-state index contributed by atoms with van der Waals surface area (Å²) < 4.78 is 60.2. The predicted molar refractivity (Wildman–Crippen MR) is 68.1 cm³/mol. The highest BCUT2D eigenvalue weighted by molar-refractivity contribution is 7.91. The van der Waals surface area contributed by atoms with Crippen LogP contribution >= 0.6 is 12.4 Å². The first-order valence-electron chi connectivity index (χ1n) is 4.79. The van der Waals surface area contributed by atoms with Crippen LogP contribution in [0.5, 0.6) is 0 Å². The Hall–Kier alpha value is -1.28. The SMILES string of the molecule is Cl.N=C(N)CS(=O)(=O)Cc1cccc(C(F)(F)F)c1. The molecule has 0 aliphatic carbocycles. The lowest BCUT2D eigenvalue weighted by Gasteiger charge is -2.09. The van der Waals surface area contributed by atoms with E-state index >= 15 is 0 Å². The highest BCUT2D eigenvalue weighted by Gasteiger charge is 2.30. The fourth-order valence-corrected chi connectivity index (χ4v) is 2.64. The molecule has 0 radical (unpaired) electrons. The summed E-state index contributed by atoms with van der Waals surface area (Å²) in [5.74, 6) is -1.78. The number of sulfone groups is 1. The Morgan fingerprint density at radius 1 is 1.32 bits per heavy atom. The summed E-state index contributed by atoms with van der Waals surface area (Å²) in [7, 11) is -3.71. The van der Waals surface area contributed by atoms with Crippen LogP contribution in [0.3, 0.4) is 0 Å². The van der Waals surface area contributed by atoms with Gasteiger partial charge in [0.25, 0.3) is 0 Å². The summed E-state index contributed by atoms with van der Waals surface area (Å²) in [5, 5.41) is 6.88. The van der Waals surface area contributed by atoms with Gasteiger partial charge in [-0.05, 0) is 11.6 Å². The third kappa shape index (κ3) is 5.93. The second kappa shape index (κ2) is 6.25. The molecule has 0 spiro atoms. The van der Waals surface area contributed by atoms with Gasteiger partial charge < -0.3 is 5.73 Å². The maximum absolute atomic E-state index is 12.4. The highest BCUT2D eigenvalue weighted by Crippen LogP contribution is 2.29. The van der Waals surface area contributed by atoms with E-state index in [1.165, 1.54) is 6.07 Å². The van der Waals surface area contributed by atoms with E-state index in [-0.39, 0.29) is 18.0 Å². The van der Waals surface area contributed by atoms with Crippen LogP contribution in [0.1, 0.15) is 11.1 Å². The summed E-state index contributed by atoms with van der Waals surface area (Å²) in [4.78, 5) is 0. The van der Waals surface area contributed by atoms with Crippen LogP contribution in [0, 0.1) is 5.41 Å². The van der Waals surface area contributed by atoms with Gasteiger partial charge in [-0.2, -0.15) is 13.2 Å². The summed E-state index contributed by atoms with van der Waals surface area (Å²) in [6.45, 7) is 0. The van der Waals surface area contributed by atoms with E-state index in [9.17, 15) is 21.6 Å². The van der Waals surface area contributed by atoms with Gasteiger partial charge in [-0.1, -0.05) is 18.2 Å². The van der Waals surface area contributed by atoms with Crippen LogP contribution < -0.4 is 5.73 Å². The van der Waals surface area contributed by atoms with Gasteiger partial charge in [0.15, 0.2) is 9.84 Å². The number of hydrogen-bond acceptors (Lipinski definition) is 3. The lowest BCUT2D eigenvalue weighted by molar-refractivity contribution is -0.137. The van der Waals surface area contributed by atoms with Crippen LogP contribution in [0.25, 0.3) is 0 Å². The van der Waals surface area contributed by atoms with Gasteiger partial charge in [0, 0.05) is 0 Å². The molecule has 108 valence electrons. The molecule has 0 aliphatic rings. The van der Waals surface area contributed by atoms with Gasteiger partial charge in [0.2, 0.25) is 0 Å². The number of amidine groups is 1. The van der Waals surface area contributed by atoms with Gasteiger partial charge >= 0.3 is 6.18 Å². The Labute approximate surface area is 114 Å². The normalized spacial score (nSPS) is 11.7. The summed E-state index contributed by atoms with van der Waals surface area (Å²) in [5.41, 5.74) is 4.07. The molecule has 1 rings (SSSR count). The van der Waals surface area contributed by atoms with Crippen molar-refractivity contribution in [3.05, 3.63) is 35.4 Å². The van der Waals surface area contributed by atoms with Gasteiger partial charge in [0.1, 0.15) is 11.6 Å². The number of alkyl halides is 3. The molecule has 4 nitrogen and oxygen atoms in total. The Morgan fingerprint density at radius 3 is 2.37 bits per heavy atom. The molecule has 9 heteroatoms. The molecule has 0 amide bonds. The molecule has 0 saturated carbocycles. The van der Waals surface area contributed by atoms with Gasteiger partial charge in [-0.3, -0.25) is 5.41 Å². The number of benzene rings is 1. The largest absolute Gasteiger partial charge is 0.416 e. The van der Waals surface area contributed by atoms with Crippen molar-refractivity contribution in [3.8, 4) is 0 Å². The monoisotopic (exact) mass is 316 g/mol. The Balaban J connectivity index is 0.00000324. The zero-order chi connectivity index (χ0) is 14.0. The predicted octanol–water partition coefficient (Wildman–Crippen LogP) is 1.98. The second-order valence-electron chi connectivity index (χ2n) is 3.76. The maximum atomic E-state index is 12.4. The van der Waals surface area contributed by atoms with Crippen molar-refractivity contribution in [2.24, 2.45) is 5.73 Å². The second-order valence-corrected chi connectivity index (χ2v) is 5.82. The molecule has 0 atom stereocenters. The van der Waals surface area contributed by atoms with Crippen LogP contribution in [-0.4, -0.2) is 20.0 Å². The number of nitrogens with one attached hydrogen (secondary N) is 1. The molecule has 0 bridgehead atoms. The molecule has 0 heterocycles. The van der Waals surface area contributed by atoms with Crippen molar-refractivity contribution in [2.45, 2.75) is 11.9 Å². The molecular formula is C10H12ClF3N2O2S. The van der Waals surface area contributed by atoms with Crippen molar-refractivity contribution >= 4 is 28.1 Å². The van der Waals surface area contributed by atoms with E-state index in [1.54, 1.807) is 0 Å². The van der Waals surface area contributed by atoms with Gasteiger partial charge in [0.05, 0.1) is 11.3 Å². The molecule has 0 saturated heterocycles. The average molecular weight is 317 g/mol. The topological polar surface area (TPSA) is 84.0 Å². The molecular weight excluding hydrogens is 305 g/mol. The first kappa shape index (κ1) is 17.7. The van der Waals surface area contributed by atoms with Crippen molar-refractivity contribution in [3.63, 3.8) is 0 Å². The van der Waals surface area contributed by atoms with Gasteiger partial charge in [-0.25, -0.2) is 8.42 Å². The first-order valence-corrected chi connectivity index (χ1v) is 6.62. The minimum absolute atomic E-state index is 0. The molecule has 0 fully saturated rings. The summed E-state index contributed by atoms with van der Waals surface area (Å²) >= 11 is 0. The van der Waals surface area contributed by atoms with E-state index in [4.69, 9.17) is 11.1 Å². The number of rotatable bonds is 4. The molecule has 0 aliphatic heterocycles. The lowest BCUT2D eigenvalue weighted by Crippen LogP contribution is -2.23. The Morgan fingerprint density at radius 2 is 1.89 bits per heavy atom. The minimum atomic E-state index is -4.51. The molecule has 3 N–H and O–H groups in total. The Bertz CT molecular complexity index is 558. The van der Waals surface area contributed by atoms with Crippen molar-refractivity contribution in [2.75, 3.05) is 5.75 Å². The molecule has 19 heavy (non-hydrogen) atoms. The lowest BCUT2D eigenvalue weighted by atomic mass is 10.1. The summed E-state index contributed by atoms with van der Waals surface area (Å²) in [6, 6.07) is 4.06. The summed E-state index contributed by atoms with van der Waals surface area (Å²) in [6.07, 6.45) is -4.51. The molecule has 1 aromatic carbocycles. The number of hydrogen-bond donors (Lipinski definition) is 2. The smallest absolute Gasteiger partial charge is 0.387 e. The van der Waals surface area contributed by atoms with E-state index in [1.807, 2.05) is 0 Å². The third-order valence-electron chi connectivity index (χ3n) is 2.02. The van der Waals surface area contributed by atoms with Crippen molar-refractivity contribution in [1.29, 1.82) is 5.41 Å². The fourth-order valence-electron chi connectivity index (χ4n) is 1.38. The quantitative estimate of drug-likeness (QED) is 0.658. The standard InChI is InChI=1S/C10H11F3N2O2S.ClH/c11-10(12,13)8-3-1-2-7(4-8)5-18(16,17)6-9(14)15;/h1-4H,5-6H2,(H3,14,15);1H. The van der Waals surface area contributed by atoms with Crippen LogP contribution in [0.15, 0.2) is 24.3 Å².